The van der Waals surface area contributed by atoms with Crippen LogP contribution >= 0.6 is 0 Å². The van der Waals surface area contributed by atoms with Gasteiger partial charge < -0.3 is 23.7 Å². The van der Waals surface area contributed by atoms with E-state index in [0.29, 0.717) is 17.2 Å². The molecule has 44 heavy (non-hydrogen) atoms. The van der Waals surface area contributed by atoms with Gasteiger partial charge >= 0.3 is 12.1 Å². The highest BCUT2D eigenvalue weighted by Gasteiger charge is 2.50. The first kappa shape index (κ1) is 35.6. The van der Waals surface area contributed by atoms with Gasteiger partial charge in [-0.1, -0.05) is 113 Å². The smallest absolute Gasteiger partial charge is 0.459 e. The van der Waals surface area contributed by atoms with Gasteiger partial charge in [0.1, 0.15) is 19.3 Å². The molecule has 1 N–H and O–H groups in total. The van der Waals surface area contributed by atoms with E-state index >= 15 is 0 Å². The van der Waals surface area contributed by atoms with Gasteiger partial charge in [0.15, 0.2) is 6.10 Å². The Balaban J connectivity index is 0.00000259. The van der Waals surface area contributed by atoms with Crippen molar-refractivity contribution in [3.8, 4) is 0 Å². The molecule has 0 radical (unpaired) electrons. The molecule has 0 bridgehead atoms. The van der Waals surface area contributed by atoms with Gasteiger partial charge in [-0.15, -0.1) is 0 Å². The maximum Gasteiger partial charge on any atom is 0.510 e. The molecule has 1 saturated heterocycles. The topological polar surface area (TPSA) is 84.8 Å². The first-order valence-electron chi connectivity index (χ1n) is 16.9. The molecule has 1 aliphatic heterocycles. The third-order valence-electron chi connectivity index (χ3n) is 8.74. The summed E-state index contributed by atoms with van der Waals surface area (Å²) in [7, 11) is 1.00. The van der Waals surface area contributed by atoms with Crippen LogP contribution < -0.4 is 0 Å². The molecule has 0 aromatic heterocycles. The Morgan fingerprint density at radius 3 is 1.91 bits per heavy atom. The molecule has 2 fully saturated rings. The zero-order chi connectivity index (χ0) is 31.5. The first-order chi connectivity index (χ1) is 21.6. The van der Waals surface area contributed by atoms with Crippen molar-refractivity contribution in [3.63, 3.8) is 0 Å². The Labute approximate surface area is 264 Å². The average molecular weight is 612 g/mol. The van der Waals surface area contributed by atoms with Crippen molar-refractivity contribution in [1.82, 2.24) is 0 Å². The number of rotatable bonds is 15. The van der Waals surface area contributed by atoms with Crippen LogP contribution in [0.3, 0.4) is 0 Å². The van der Waals surface area contributed by atoms with E-state index in [-0.39, 0.29) is 12.7 Å². The molecule has 1 saturated carbocycles. The molecular formula is C37H55O7+. The lowest BCUT2D eigenvalue weighted by atomic mass is 9.86. The van der Waals surface area contributed by atoms with Crippen LogP contribution in [0.2, 0.25) is 0 Å². The number of unbranched alkanes of at least 4 members (excludes halogenated alkanes) is 7. The van der Waals surface area contributed by atoms with E-state index in [4.69, 9.17) is 19.3 Å². The molecule has 7 nitrogen and oxygen atoms in total. The normalized spacial score (nSPS) is 18.9. The standard InChI is InChI=1S/C36H51O6.CH4O/c1-2-3-4-5-6-7-8-17-26-39-35(38)41-36(30-20-11-9-12-21-30,31-22-13-10-14-23-31)34(37)40-32-24-15-16-25-33(29-32)42-27-18-19-28-42;1-2/h9-14,20-23,32-33H,2-8,15-19,24-29H2,1H3;2H,1H3/q+1;. The lowest BCUT2D eigenvalue weighted by molar-refractivity contribution is -0.187. The van der Waals surface area contributed by atoms with Crippen molar-refractivity contribution in [2.75, 3.05) is 26.9 Å². The Bertz CT molecular complexity index is 1010. The number of hydrogen-bond acceptors (Lipinski definition) is 6. The summed E-state index contributed by atoms with van der Waals surface area (Å²) in [6.07, 6.45) is 15.6. The highest BCUT2D eigenvalue weighted by Crippen LogP contribution is 2.38. The van der Waals surface area contributed by atoms with Crippen LogP contribution in [0.5, 0.6) is 0 Å². The van der Waals surface area contributed by atoms with Crippen molar-refractivity contribution in [2.45, 2.75) is 121 Å². The van der Waals surface area contributed by atoms with E-state index < -0.39 is 17.7 Å². The average Bonchev–Trinajstić information content (AvgIpc) is 3.51. The van der Waals surface area contributed by atoms with Crippen molar-refractivity contribution in [3.05, 3.63) is 71.8 Å². The molecule has 0 spiro atoms. The second-order valence-electron chi connectivity index (χ2n) is 11.9. The number of carbonyl (C=O) groups excluding carboxylic acids is 2. The van der Waals surface area contributed by atoms with Gasteiger partial charge in [-0.05, 0) is 25.7 Å². The van der Waals surface area contributed by atoms with Gasteiger partial charge in [-0.25, -0.2) is 9.59 Å². The summed E-state index contributed by atoms with van der Waals surface area (Å²) in [6.45, 7) is 4.57. The Kier molecular flexibility index (Phi) is 16.3. The fraction of sp³-hybridized carbons (Fsp3) is 0.622. The maximum atomic E-state index is 14.4. The van der Waals surface area contributed by atoms with Gasteiger partial charge in [-0.2, -0.15) is 0 Å². The van der Waals surface area contributed by atoms with E-state index in [2.05, 4.69) is 11.3 Å². The van der Waals surface area contributed by atoms with Gasteiger partial charge in [0.25, 0.3) is 5.60 Å². The number of carbonyl (C=O) groups is 2. The third-order valence-corrected chi connectivity index (χ3v) is 8.74. The largest absolute Gasteiger partial charge is 0.510 e. The van der Waals surface area contributed by atoms with Crippen LogP contribution in [0.4, 0.5) is 4.79 Å². The maximum absolute atomic E-state index is 14.4. The zero-order valence-electron chi connectivity index (χ0n) is 27.1. The predicted octanol–water partition coefficient (Wildman–Crippen LogP) is 8.42. The molecular weight excluding hydrogens is 556 g/mol. The van der Waals surface area contributed by atoms with Gasteiger partial charge in [-0.3, -0.25) is 0 Å². The summed E-state index contributed by atoms with van der Waals surface area (Å²) in [6, 6.07) is 18.4. The van der Waals surface area contributed by atoms with Crippen molar-refractivity contribution >= 4 is 12.1 Å². The monoisotopic (exact) mass is 611 g/mol. The molecule has 244 valence electrons. The highest BCUT2D eigenvalue weighted by molar-refractivity contribution is 5.88. The van der Waals surface area contributed by atoms with Crippen LogP contribution in [-0.4, -0.2) is 56.4 Å². The Morgan fingerprint density at radius 2 is 1.32 bits per heavy atom. The number of ether oxygens (including phenoxy) is 3. The van der Waals surface area contributed by atoms with E-state index in [9.17, 15) is 9.59 Å². The van der Waals surface area contributed by atoms with Crippen LogP contribution in [0.1, 0.15) is 114 Å². The van der Waals surface area contributed by atoms with Gasteiger partial charge in [0.05, 0.1) is 13.0 Å². The molecule has 0 amide bonds. The minimum atomic E-state index is -1.76. The molecule has 2 atom stereocenters. The molecule has 2 unspecified atom stereocenters. The third kappa shape index (κ3) is 10.6. The van der Waals surface area contributed by atoms with E-state index in [0.717, 1.165) is 71.7 Å². The summed E-state index contributed by atoms with van der Waals surface area (Å²) < 4.78 is 21.4. The minimum Gasteiger partial charge on any atom is -0.459 e. The van der Waals surface area contributed by atoms with Crippen molar-refractivity contribution in [2.24, 2.45) is 0 Å². The summed E-state index contributed by atoms with van der Waals surface area (Å²) in [5.74, 6) is -0.569. The molecule has 2 aromatic rings. The fourth-order valence-electron chi connectivity index (χ4n) is 6.38. The summed E-state index contributed by atoms with van der Waals surface area (Å²) in [5, 5.41) is 7.00. The number of aliphatic hydroxyl groups is 1. The molecule has 4 rings (SSSR count). The van der Waals surface area contributed by atoms with E-state index in [1.165, 1.54) is 44.9 Å². The molecule has 2 aromatic carbocycles. The van der Waals surface area contributed by atoms with E-state index in [1.807, 2.05) is 60.7 Å². The Morgan fingerprint density at radius 1 is 0.773 bits per heavy atom. The number of benzene rings is 2. The van der Waals surface area contributed by atoms with Crippen LogP contribution in [0, 0.1) is 0 Å². The van der Waals surface area contributed by atoms with Crippen LogP contribution in [0.15, 0.2) is 60.7 Å². The minimum absolute atomic E-state index is 0.248. The van der Waals surface area contributed by atoms with Crippen LogP contribution in [-0.2, 0) is 29.0 Å². The lowest BCUT2D eigenvalue weighted by Crippen LogP contribution is -2.45. The number of aliphatic hydroxyl groups excluding tert-OH is 1. The summed E-state index contributed by atoms with van der Waals surface area (Å²) in [4.78, 5) is 27.6. The van der Waals surface area contributed by atoms with Gasteiger partial charge in [0.2, 0.25) is 0 Å². The zero-order valence-corrected chi connectivity index (χ0v) is 27.1. The van der Waals surface area contributed by atoms with Gasteiger partial charge in [0, 0.05) is 37.5 Å². The van der Waals surface area contributed by atoms with Crippen molar-refractivity contribution in [1.29, 1.82) is 0 Å². The highest BCUT2D eigenvalue weighted by atomic mass is 16.7. The summed E-state index contributed by atoms with van der Waals surface area (Å²) >= 11 is 0. The number of esters is 1. The molecule has 1 heterocycles. The quantitative estimate of drug-likeness (QED) is 0.0942. The predicted molar refractivity (Wildman–Crippen MR) is 174 cm³/mol. The second kappa shape index (κ2) is 20.2. The molecule has 2 aliphatic rings. The molecule has 1 aliphatic carbocycles. The van der Waals surface area contributed by atoms with Crippen molar-refractivity contribution < 1.29 is 33.3 Å². The first-order valence-corrected chi connectivity index (χ1v) is 16.9. The van der Waals surface area contributed by atoms with Crippen LogP contribution in [0.25, 0.3) is 0 Å². The second-order valence-corrected chi connectivity index (χ2v) is 11.9. The lowest BCUT2D eigenvalue weighted by Gasteiger charge is -2.33. The molecule has 7 heteroatoms. The van der Waals surface area contributed by atoms with E-state index in [1.54, 1.807) is 0 Å². The fourth-order valence-corrected chi connectivity index (χ4v) is 6.38. The SMILES string of the molecule is CCCCCCCCCCOC(=O)OC(C(=O)OC1CCCCC([O+]2CCCC2)C1)(c1ccccc1)c1ccccc1.CO. The Hall–Kier alpha value is -2.90. The number of hydrogen-bond donors (Lipinski definition) is 1. The summed E-state index contributed by atoms with van der Waals surface area (Å²) in [5.41, 5.74) is -0.671.